The van der Waals surface area contributed by atoms with Crippen LogP contribution in [0.25, 0.3) is 11.1 Å². The molecule has 1 aliphatic rings. The third-order valence-corrected chi connectivity index (χ3v) is 4.93. The Morgan fingerprint density at radius 1 is 1.27 bits per heavy atom. The number of carbonyl (C=O) groups excluding carboxylic acids is 3. The minimum atomic E-state index is -0.501. The third-order valence-electron chi connectivity index (χ3n) is 4.93. The first-order chi connectivity index (χ1) is 14.4. The number of esters is 1. The summed E-state index contributed by atoms with van der Waals surface area (Å²) in [5.74, 6) is -0.801. The number of rotatable bonds is 5. The Bertz CT molecular complexity index is 1140. The summed E-state index contributed by atoms with van der Waals surface area (Å²) in [6.07, 6.45) is 0.110. The molecule has 0 aliphatic carbocycles. The number of hydrogen-bond acceptors (Lipinski definition) is 6. The maximum absolute atomic E-state index is 12.7. The topological polar surface area (TPSA) is 102 Å². The fourth-order valence-corrected chi connectivity index (χ4v) is 3.51. The van der Waals surface area contributed by atoms with Gasteiger partial charge in [-0.3, -0.25) is 9.59 Å². The van der Waals surface area contributed by atoms with Crippen molar-refractivity contribution in [2.45, 2.75) is 20.3 Å². The van der Waals surface area contributed by atoms with E-state index in [0.717, 1.165) is 0 Å². The lowest BCUT2D eigenvalue weighted by Gasteiger charge is -2.16. The zero-order chi connectivity index (χ0) is 21.3. The second-order valence-corrected chi connectivity index (χ2v) is 7.08. The first kappa shape index (κ1) is 19.6. The Balaban J connectivity index is 1.46. The molecule has 1 atom stereocenters. The van der Waals surface area contributed by atoms with Crippen LogP contribution in [-0.2, 0) is 14.3 Å². The molecule has 1 saturated heterocycles. The van der Waals surface area contributed by atoms with Gasteiger partial charge >= 0.3 is 5.97 Å². The highest BCUT2D eigenvalue weighted by Crippen LogP contribution is 2.29. The quantitative estimate of drug-likeness (QED) is 0.651. The fourth-order valence-electron chi connectivity index (χ4n) is 3.51. The molecule has 2 amide bonds. The van der Waals surface area contributed by atoms with E-state index in [1.807, 2.05) is 0 Å². The molecule has 0 spiro atoms. The highest BCUT2D eigenvalue weighted by Gasteiger charge is 2.35. The van der Waals surface area contributed by atoms with Crippen molar-refractivity contribution in [1.82, 2.24) is 4.98 Å². The molecule has 1 fully saturated rings. The van der Waals surface area contributed by atoms with Gasteiger partial charge in [0.1, 0.15) is 5.52 Å². The van der Waals surface area contributed by atoms with Crippen LogP contribution in [0.5, 0.6) is 0 Å². The number of amides is 2. The van der Waals surface area contributed by atoms with Crippen LogP contribution < -0.4 is 10.2 Å². The smallest absolute Gasteiger partial charge is 0.338 e. The molecular weight excluding hydrogens is 386 g/mol. The molecule has 4 rings (SSSR count). The van der Waals surface area contributed by atoms with E-state index in [0.29, 0.717) is 33.9 Å². The average molecular weight is 407 g/mol. The second-order valence-electron chi connectivity index (χ2n) is 7.08. The zero-order valence-corrected chi connectivity index (χ0v) is 16.7. The summed E-state index contributed by atoms with van der Waals surface area (Å²) in [7, 11) is 0. The molecule has 8 heteroatoms. The number of nitrogens with one attached hydrogen (secondary N) is 1. The highest BCUT2D eigenvalue weighted by molar-refractivity contribution is 6.04. The van der Waals surface area contributed by atoms with Crippen LogP contribution in [0.3, 0.4) is 0 Å². The van der Waals surface area contributed by atoms with E-state index < -0.39 is 11.9 Å². The van der Waals surface area contributed by atoms with E-state index in [4.69, 9.17) is 9.15 Å². The van der Waals surface area contributed by atoms with Gasteiger partial charge in [0.15, 0.2) is 11.5 Å². The normalized spacial score (nSPS) is 16.1. The van der Waals surface area contributed by atoms with Crippen LogP contribution >= 0.6 is 0 Å². The third kappa shape index (κ3) is 3.89. The SMILES string of the molecule is CCOC(=O)c1cccc(NC(=O)C2CC(=O)N(c3ccc4oc(C)nc4c3)C2)c1. The Morgan fingerprint density at radius 3 is 2.90 bits per heavy atom. The van der Waals surface area contributed by atoms with Crippen LogP contribution in [0.1, 0.15) is 29.6 Å². The maximum atomic E-state index is 12.7. The minimum Gasteiger partial charge on any atom is -0.462 e. The molecule has 154 valence electrons. The van der Waals surface area contributed by atoms with Crippen LogP contribution in [0, 0.1) is 12.8 Å². The Labute approximate surface area is 172 Å². The van der Waals surface area contributed by atoms with Gasteiger partial charge in [-0.25, -0.2) is 9.78 Å². The van der Waals surface area contributed by atoms with Crippen molar-refractivity contribution in [2.24, 2.45) is 5.92 Å². The molecule has 2 heterocycles. The van der Waals surface area contributed by atoms with Gasteiger partial charge in [0.05, 0.1) is 18.1 Å². The van der Waals surface area contributed by atoms with Gasteiger partial charge in [-0.05, 0) is 43.3 Å². The average Bonchev–Trinajstić information content (AvgIpc) is 3.29. The summed E-state index contributed by atoms with van der Waals surface area (Å²) >= 11 is 0. The molecule has 1 N–H and O–H groups in total. The van der Waals surface area contributed by atoms with Crippen LogP contribution in [-0.4, -0.2) is 35.9 Å². The number of oxazole rings is 1. The number of aryl methyl sites for hydroxylation is 1. The standard InChI is InChI=1S/C22H21N3O5/c1-3-29-22(28)14-5-4-6-16(9-14)24-21(27)15-10-20(26)25(12-15)17-7-8-19-18(11-17)23-13(2)30-19/h4-9,11,15H,3,10,12H2,1-2H3,(H,24,27). The molecule has 8 nitrogen and oxygen atoms in total. The Morgan fingerprint density at radius 2 is 2.10 bits per heavy atom. The molecule has 0 saturated carbocycles. The van der Waals surface area contributed by atoms with Crippen molar-refractivity contribution in [3.63, 3.8) is 0 Å². The summed E-state index contributed by atoms with van der Waals surface area (Å²) in [6.45, 7) is 4.03. The Kier molecular flexibility index (Phi) is 5.22. The number of anilines is 2. The molecule has 2 aromatic carbocycles. The first-order valence-corrected chi connectivity index (χ1v) is 9.70. The summed E-state index contributed by atoms with van der Waals surface area (Å²) in [6, 6.07) is 11.9. The number of fused-ring (bicyclic) bond motifs is 1. The molecule has 3 aromatic rings. The highest BCUT2D eigenvalue weighted by atomic mass is 16.5. The van der Waals surface area contributed by atoms with Gasteiger partial charge in [-0.15, -0.1) is 0 Å². The van der Waals surface area contributed by atoms with E-state index >= 15 is 0 Å². The van der Waals surface area contributed by atoms with Crippen molar-refractivity contribution in [1.29, 1.82) is 0 Å². The molecule has 1 aromatic heterocycles. The first-order valence-electron chi connectivity index (χ1n) is 9.70. The van der Waals surface area contributed by atoms with E-state index in [2.05, 4.69) is 10.3 Å². The lowest BCUT2D eigenvalue weighted by molar-refractivity contribution is -0.122. The summed E-state index contributed by atoms with van der Waals surface area (Å²) in [4.78, 5) is 43.0. The predicted octanol–water partition coefficient (Wildman–Crippen LogP) is 3.30. The van der Waals surface area contributed by atoms with Crippen LogP contribution in [0.15, 0.2) is 46.9 Å². The number of carbonyl (C=O) groups is 3. The van der Waals surface area contributed by atoms with Gasteiger partial charge in [-0.2, -0.15) is 0 Å². The van der Waals surface area contributed by atoms with Crippen molar-refractivity contribution < 1.29 is 23.5 Å². The zero-order valence-electron chi connectivity index (χ0n) is 16.7. The lowest BCUT2D eigenvalue weighted by atomic mass is 10.1. The molecule has 30 heavy (non-hydrogen) atoms. The van der Waals surface area contributed by atoms with Crippen molar-refractivity contribution in [3.8, 4) is 0 Å². The number of nitrogens with zero attached hydrogens (tertiary/aromatic N) is 2. The van der Waals surface area contributed by atoms with Crippen LogP contribution in [0.2, 0.25) is 0 Å². The van der Waals surface area contributed by atoms with Crippen molar-refractivity contribution in [2.75, 3.05) is 23.4 Å². The second kappa shape index (κ2) is 7.98. The number of benzene rings is 2. The largest absolute Gasteiger partial charge is 0.462 e. The van der Waals surface area contributed by atoms with E-state index in [-0.39, 0.29) is 31.4 Å². The molecule has 1 aliphatic heterocycles. The van der Waals surface area contributed by atoms with Crippen LogP contribution in [0.4, 0.5) is 11.4 Å². The van der Waals surface area contributed by atoms with Crippen molar-refractivity contribution in [3.05, 3.63) is 53.9 Å². The molecule has 1 unspecified atom stereocenters. The summed E-state index contributed by atoms with van der Waals surface area (Å²) in [5, 5.41) is 2.79. The maximum Gasteiger partial charge on any atom is 0.338 e. The van der Waals surface area contributed by atoms with Crippen molar-refractivity contribution >= 4 is 40.3 Å². The number of aromatic nitrogens is 1. The van der Waals surface area contributed by atoms with E-state index in [9.17, 15) is 14.4 Å². The van der Waals surface area contributed by atoms with Gasteiger partial charge in [-0.1, -0.05) is 6.07 Å². The Hall–Kier alpha value is -3.68. The fraction of sp³-hybridized carbons (Fsp3) is 0.273. The summed E-state index contributed by atoms with van der Waals surface area (Å²) < 4.78 is 10.5. The molecule has 0 radical (unpaired) electrons. The predicted molar refractivity (Wildman–Crippen MR) is 110 cm³/mol. The van der Waals surface area contributed by atoms with E-state index in [1.165, 1.54) is 0 Å². The number of ether oxygens (including phenoxy) is 1. The van der Waals surface area contributed by atoms with Gasteiger partial charge in [0.2, 0.25) is 11.8 Å². The van der Waals surface area contributed by atoms with Gasteiger partial charge in [0.25, 0.3) is 0 Å². The van der Waals surface area contributed by atoms with Gasteiger partial charge < -0.3 is 19.4 Å². The minimum absolute atomic E-state index is 0.110. The molecule has 0 bridgehead atoms. The number of hydrogen-bond donors (Lipinski definition) is 1. The van der Waals surface area contributed by atoms with Gasteiger partial charge in [0, 0.05) is 31.3 Å². The van der Waals surface area contributed by atoms with E-state index in [1.54, 1.807) is 61.2 Å². The summed E-state index contributed by atoms with van der Waals surface area (Å²) in [5.41, 5.74) is 2.84. The molecular formula is C22H21N3O5. The monoisotopic (exact) mass is 407 g/mol. The lowest BCUT2D eigenvalue weighted by Crippen LogP contribution is -2.28.